The third-order valence-corrected chi connectivity index (χ3v) is 3.36. The highest BCUT2D eigenvalue weighted by Gasteiger charge is 2.18. The summed E-state index contributed by atoms with van der Waals surface area (Å²) in [7, 11) is 0. The van der Waals surface area contributed by atoms with Crippen molar-refractivity contribution in [1.29, 1.82) is 0 Å². The van der Waals surface area contributed by atoms with Crippen molar-refractivity contribution < 1.29 is 0 Å². The topological polar surface area (TPSA) is 29.9 Å². The Morgan fingerprint density at radius 3 is 2.94 bits per heavy atom. The second-order valence-corrected chi connectivity index (χ2v) is 6.49. The second kappa shape index (κ2) is 5.21. The Morgan fingerprint density at radius 1 is 1.47 bits per heavy atom. The van der Waals surface area contributed by atoms with Crippen LogP contribution in [0.25, 0.3) is 0 Å². The molecule has 0 spiro atoms. The van der Waals surface area contributed by atoms with Gasteiger partial charge in [-0.1, -0.05) is 20.8 Å². The zero-order valence-electron chi connectivity index (χ0n) is 11.4. The molecule has 3 nitrogen and oxygen atoms in total. The third kappa shape index (κ3) is 3.84. The van der Waals surface area contributed by atoms with Crippen molar-refractivity contribution in [1.82, 2.24) is 14.9 Å². The van der Waals surface area contributed by atoms with Crippen molar-refractivity contribution in [2.45, 2.75) is 46.6 Å². The molecule has 1 unspecified atom stereocenters. The molecule has 1 N–H and O–H groups in total. The van der Waals surface area contributed by atoms with Crippen LogP contribution in [0.5, 0.6) is 0 Å². The molecule has 1 atom stereocenters. The minimum atomic E-state index is 0.336. The van der Waals surface area contributed by atoms with Crippen molar-refractivity contribution in [3.8, 4) is 0 Å². The fourth-order valence-corrected chi connectivity index (χ4v) is 2.56. The Bertz CT molecular complexity index is 343. The number of nitrogens with zero attached hydrogens (tertiary/aromatic N) is 2. The number of piperidine rings is 1. The fraction of sp³-hybridized carbons (Fsp3) is 0.786. The molecule has 1 aliphatic heterocycles. The average molecular weight is 235 g/mol. The Balaban J connectivity index is 1.98. The van der Waals surface area contributed by atoms with E-state index in [4.69, 9.17) is 0 Å². The monoisotopic (exact) mass is 235 g/mol. The smallest absolute Gasteiger partial charge is 0.0948 e. The second-order valence-electron chi connectivity index (χ2n) is 6.49. The lowest BCUT2D eigenvalue weighted by atomic mass is 9.90. The minimum Gasteiger partial charge on any atom is -0.334 e. The summed E-state index contributed by atoms with van der Waals surface area (Å²) >= 11 is 0. The Hall–Kier alpha value is -0.830. The van der Waals surface area contributed by atoms with Crippen molar-refractivity contribution >= 4 is 0 Å². The lowest BCUT2D eigenvalue weighted by molar-refractivity contribution is 0.326. The minimum absolute atomic E-state index is 0.336. The van der Waals surface area contributed by atoms with Gasteiger partial charge in [-0.25, -0.2) is 4.98 Å². The first-order valence-electron chi connectivity index (χ1n) is 6.74. The maximum atomic E-state index is 4.31. The molecule has 0 saturated carbocycles. The Labute approximate surface area is 105 Å². The van der Waals surface area contributed by atoms with Crippen LogP contribution in [0.3, 0.4) is 0 Å². The van der Waals surface area contributed by atoms with E-state index in [-0.39, 0.29) is 0 Å². The molecule has 2 rings (SSSR count). The summed E-state index contributed by atoms with van der Waals surface area (Å²) in [6.07, 6.45) is 7.79. The maximum Gasteiger partial charge on any atom is 0.0948 e. The van der Waals surface area contributed by atoms with E-state index in [1.54, 1.807) is 0 Å². The van der Waals surface area contributed by atoms with Gasteiger partial charge < -0.3 is 9.88 Å². The number of hydrogen-bond donors (Lipinski definition) is 1. The molecule has 17 heavy (non-hydrogen) atoms. The fourth-order valence-electron chi connectivity index (χ4n) is 2.56. The van der Waals surface area contributed by atoms with Gasteiger partial charge >= 0.3 is 0 Å². The number of hydrogen-bond acceptors (Lipinski definition) is 2. The van der Waals surface area contributed by atoms with E-state index in [1.807, 2.05) is 12.5 Å². The predicted octanol–water partition coefficient (Wildman–Crippen LogP) is 2.47. The van der Waals surface area contributed by atoms with Crippen molar-refractivity contribution in [3.05, 3.63) is 18.2 Å². The predicted molar refractivity (Wildman–Crippen MR) is 71.0 cm³/mol. The van der Waals surface area contributed by atoms with Gasteiger partial charge in [-0.05, 0) is 43.7 Å². The zero-order chi connectivity index (χ0) is 12.3. The maximum absolute atomic E-state index is 4.31. The Kier molecular flexibility index (Phi) is 3.87. The highest BCUT2D eigenvalue weighted by molar-refractivity contribution is 5.01. The first kappa shape index (κ1) is 12.6. The highest BCUT2D eigenvalue weighted by Crippen LogP contribution is 2.21. The van der Waals surface area contributed by atoms with Crippen LogP contribution in [0.15, 0.2) is 12.5 Å². The number of rotatable bonds is 3. The molecule has 1 aromatic rings. The molecule has 2 heterocycles. The standard InChI is InChI=1S/C14H25N3/c1-14(2,3)7-13-9-16-11-17(13)10-12-5-4-6-15-8-12/h9,11-12,15H,4-8,10H2,1-3H3. The van der Waals surface area contributed by atoms with Crippen molar-refractivity contribution in [2.24, 2.45) is 11.3 Å². The molecule has 1 aliphatic rings. The summed E-state index contributed by atoms with van der Waals surface area (Å²) in [5.41, 5.74) is 1.71. The van der Waals surface area contributed by atoms with Crippen molar-refractivity contribution in [2.75, 3.05) is 13.1 Å². The van der Waals surface area contributed by atoms with Gasteiger partial charge in [-0.15, -0.1) is 0 Å². The van der Waals surface area contributed by atoms with Crippen LogP contribution in [0, 0.1) is 11.3 Å². The summed E-state index contributed by atoms with van der Waals surface area (Å²) < 4.78 is 2.35. The van der Waals surface area contributed by atoms with Gasteiger partial charge in [0.2, 0.25) is 0 Å². The van der Waals surface area contributed by atoms with E-state index in [0.717, 1.165) is 25.4 Å². The molecule has 0 bridgehead atoms. The molecular weight excluding hydrogens is 210 g/mol. The van der Waals surface area contributed by atoms with Gasteiger partial charge in [-0.3, -0.25) is 0 Å². The molecule has 1 saturated heterocycles. The SMILES string of the molecule is CC(C)(C)Cc1cncn1CC1CCCNC1. The summed E-state index contributed by atoms with van der Waals surface area (Å²) in [6.45, 7) is 10.3. The van der Waals surface area contributed by atoms with Gasteiger partial charge in [0.25, 0.3) is 0 Å². The van der Waals surface area contributed by atoms with Gasteiger partial charge in [0, 0.05) is 18.4 Å². The van der Waals surface area contributed by atoms with Crippen LogP contribution < -0.4 is 5.32 Å². The summed E-state index contributed by atoms with van der Waals surface area (Å²) in [5.74, 6) is 0.775. The first-order chi connectivity index (χ1) is 8.04. The lowest BCUT2D eigenvalue weighted by Crippen LogP contribution is -2.32. The van der Waals surface area contributed by atoms with Crippen LogP contribution >= 0.6 is 0 Å². The van der Waals surface area contributed by atoms with E-state index in [9.17, 15) is 0 Å². The van der Waals surface area contributed by atoms with Gasteiger partial charge in [0.1, 0.15) is 0 Å². The highest BCUT2D eigenvalue weighted by atomic mass is 15.1. The number of nitrogens with one attached hydrogen (secondary N) is 1. The molecule has 3 heteroatoms. The summed E-state index contributed by atoms with van der Waals surface area (Å²) in [5, 5.41) is 3.48. The van der Waals surface area contributed by atoms with Crippen LogP contribution in [0.1, 0.15) is 39.3 Å². The van der Waals surface area contributed by atoms with Crippen LogP contribution in [-0.4, -0.2) is 22.6 Å². The first-order valence-corrected chi connectivity index (χ1v) is 6.74. The van der Waals surface area contributed by atoms with E-state index >= 15 is 0 Å². The molecule has 0 radical (unpaired) electrons. The summed E-state index contributed by atoms with van der Waals surface area (Å²) in [6, 6.07) is 0. The average Bonchev–Trinajstić information content (AvgIpc) is 2.65. The molecule has 1 fully saturated rings. The third-order valence-electron chi connectivity index (χ3n) is 3.36. The van der Waals surface area contributed by atoms with Crippen molar-refractivity contribution in [3.63, 3.8) is 0 Å². The van der Waals surface area contributed by atoms with Gasteiger partial charge in [-0.2, -0.15) is 0 Å². The van der Waals surface area contributed by atoms with Gasteiger partial charge in [0.15, 0.2) is 0 Å². The molecule has 1 aromatic heterocycles. The number of aromatic nitrogens is 2. The normalized spacial score (nSPS) is 21.7. The van der Waals surface area contributed by atoms with E-state index in [0.29, 0.717) is 5.41 Å². The molecule has 0 aromatic carbocycles. The van der Waals surface area contributed by atoms with Gasteiger partial charge in [0.05, 0.1) is 6.33 Å². The molecule has 96 valence electrons. The van der Waals surface area contributed by atoms with E-state index in [2.05, 4.69) is 35.6 Å². The van der Waals surface area contributed by atoms with Crippen LogP contribution in [-0.2, 0) is 13.0 Å². The molecular formula is C14H25N3. The Morgan fingerprint density at radius 2 is 2.29 bits per heavy atom. The zero-order valence-corrected chi connectivity index (χ0v) is 11.4. The van der Waals surface area contributed by atoms with Crippen LogP contribution in [0.2, 0.25) is 0 Å². The summed E-state index contributed by atoms with van der Waals surface area (Å²) in [4.78, 5) is 4.31. The molecule has 0 aliphatic carbocycles. The largest absolute Gasteiger partial charge is 0.334 e. The quantitative estimate of drug-likeness (QED) is 0.872. The van der Waals surface area contributed by atoms with Crippen LogP contribution in [0.4, 0.5) is 0 Å². The van der Waals surface area contributed by atoms with E-state index in [1.165, 1.54) is 25.1 Å². The van der Waals surface area contributed by atoms with E-state index < -0.39 is 0 Å². The molecule has 0 amide bonds. The lowest BCUT2D eigenvalue weighted by Gasteiger charge is -2.25. The number of imidazole rings is 1.